The van der Waals surface area contributed by atoms with Crippen LogP contribution in [0.1, 0.15) is 49.9 Å². The number of nitrogens with two attached hydrogens (primary N) is 1. The van der Waals surface area contributed by atoms with Crippen LogP contribution in [0.3, 0.4) is 0 Å². The Bertz CT molecular complexity index is 677. The molecule has 0 spiro atoms. The number of hydrogen-bond acceptors (Lipinski definition) is 4. The first kappa shape index (κ1) is 20.9. The summed E-state index contributed by atoms with van der Waals surface area (Å²) in [6.07, 6.45) is 3.72. The van der Waals surface area contributed by atoms with Crippen LogP contribution in [0.15, 0.2) is 24.3 Å². The Balaban J connectivity index is 1.93. The molecule has 3 amide bonds. The normalized spacial score (nSPS) is 20.1. The molecule has 0 saturated carbocycles. The van der Waals surface area contributed by atoms with Crippen LogP contribution >= 0.6 is 0 Å². The second kappa shape index (κ2) is 10.1. The highest BCUT2D eigenvalue weighted by molar-refractivity contribution is 6.03. The van der Waals surface area contributed by atoms with Gasteiger partial charge in [-0.1, -0.05) is 25.5 Å². The molecule has 1 aliphatic heterocycles. The lowest BCUT2D eigenvalue weighted by atomic mass is 9.92. The number of unbranched alkanes of at least 4 members (excludes halogenated alkanes) is 1. The average molecular weight is 374 g/mol. The van der Waals surface area contributed by atoms with Gasteiger partial charge in [-0.25, -0.2) is 0 Å². The summed E-state index contributed by atoms with van der Waals surface area (Å²) in [5.41, 5.74) is 6.05. The molecule has 0 aromatic heterocycles. The van der Waals surface area contributed by atoms with Gasteiger partial charge in [-0.3, -0.25) is 19.3 Å². The molecule has 27 heavy (non-hydrogen) atoms. The summed E-state index contributed by atoms with van der Waals surface area (Å²) >= 11 is 0. The number of rotatable bonds is 8. The second-order valence-electron chi connectivity index (χ2n) is 7.16. The number of nitrogens with zero attached hydrogens (tertiary/aromatic N) is 1. The van der Waals surface area contributed by atoms with Crippen molar-refractivity contribution in [3.8, 4) is 0 Å². The molecular weight excluding hydrogens is 344 g/mol. The second-order valence-corrected chi connectivity index (χ2v) is 7.16. The van der Waals surface area contributed by atoms with Gasteiger partial charge >= 0.3 is 0 Å². The zero-order valence-corrected chi connectivity index (χ0v) is 16.2. The van der Waals surface area contributed by atoms with E-state index in [1.807, 2.05) is 4.90 Å². The molecule has 2 rings (SSSR count). The van der Waals surface area contributed by atoms with Crippen LogP contribution in [0.5, 0.6) is 0 Å². The molecule has 7 nitrogen and oxygen atoms in total. The third-order valence-corrected chi connectivity index (χ3v) is 5.02. The van der Waals surface area contributed by atoms with Crippen molar-refractivity contribution in [3.63, 3.8) is 0 Å². The first-order valence-electron chi connectivity index (χ1n) is 9.62. The quantitative estimate of drug-likeness (QED) is 0.603. The fraction of sp³-hybridized carbons (Fsp3) is 0.550. The molecule has 1 aromatic carbocycles. The zero-order chi connectivity index (χ0) is 19.8. The van der Waals surface area contributed by atoms with E-state index in [0.29, 0.717) is 18.8 Å². The van der Waals surface area contributed by atoms with Gasteiger partial charge in [-0.05, 0) is 38.3 Å². The zero-order valence-electron chi connectivity index (χ0n) is 16.2. The molecule has 0 radical (unpaired) electrons. The van der Waals surface area contributed by atoms with Gasteiger partial charge in [0.05, 0.1) is 23.7 Å². The van der Waals surface area contributed by atoms with Gasteiger partial charge in [0.2, 0.25) is 11.8 Å². The average Bonchev–Trinajstić information content (AvgIpc) is 2.63. The highest BCUT2D eigenvalue weighted by atomic mass is 16.2. The summed E-state index contributed by atoms with van der Waals surface area (Å²) in [5.74, 6) is -0.827. The number of amides is 3. The van der Waals surface area contributed by atoms with Crippen molar-refractivity contribution in [2.75, 3.05) is 25.0 Å². The van der Waals surface area contributed by atoms with Crippen molar-refractivity contribution in [1.29, 1.82) is 0 Å². The molecule has 1 fully saturated rings. The van der Waals surface area contributed by atoms with Gasteiger partial charge < -0.3 is 16.4 Å². The lowest BCUT2D eigenvalue weighted by molar-refractivity contribution is -0.128. The third kappa shape index (κ3) is 6.06. The van der Waals surface area contributed by atoms with E-state index in [4.69, 9.17) is 5.73 Å². The molecule has 2 unspecified atom stereocenters. The molecule has 7 heteroatoms. The molecule has 0 bridgehead atoms. The van der Waals surface area contributed by atoms with Crippen molar-refractivity contribution in [2.45, 2.75) is 45.6 Å². The van der Waals surface area contributed by atoms with Crippen LogP contribution in [-0.4, -0.2) is 48.3 Å². The minimum absolute atomic E-state index is 0.0693. The molecule has 2 atom stereocenters. The van der Waals surface area contributed by atoms with E-state index in [-0.39, 0.29) is 35.9 Å². The van der Waals surface area contributed by atoms with Gasteiger partial charge in [0.25, 0.3) is 5.91 Å². The Morgan fingerprint density at radius 3 is 2.67 bits per heavy atom. The van der Waals surface area contributed by atoms with Gasteiger partial charge in [0.15, 0.2) is 0 Å². The summed E-state index contributed by atoms with van der Waals surface area (Å²) in [6.45, 7) is 5.59. The van der Waals surface area contributed by atoms with E-state index >= 15 is 0 Å². The molecule has 148 valence electrons. The van der Waals surface area contributed by atoms with Crippen LogP contribution in [0.2, 0.25) is 0 Å². The van der Waals surface area contributed by atoms with E-state index in [2.05, 4.69) is 24.5 Å². The number of primary amides is 1. The molecule has 4 N–H and O–H groups in total. The van der Waals surface area contributed by atoms with E-state index in [0.717, 1.165) is 25.7 Å². The Kier molecular flexibility index (Phi) is 7.79. The summed E-state index contributed by atoms with van der Waals surface area (Å²) in [6, 6.07) is 6.90. The molecule has 1 heterocycles. The topological polar surface area (TPSA) is 105 Å². The number of likely N-dealkylation sites (tertiary alicyclic amines) is 1. The maximum atomic E-state index is 12.5. The molecule has 1 saturated heterocycles. The van der Waals surface area contributed by atoms with Crippen molar-refractivity contribution < 1.29 is 14.4 Å². The minimum Gasteiger partial charge on any atom is -0.366 e. The standard InChI is InChI=1S/C20H30N4O3/c1-3-4-11-22-20(27)15-10-9-14(2)24(12-15)13-18(25)23-17-8-6-5-7-16(17)19(21)26/h5-8,14-15H,3-4,9-13H2,1-2H3,(H2,21,26)(H,22,27)(H,23,25). The number of benzene rings is 1. The molecule has 1 aromatic rings. The van der Waals surface area contributed by atoms with Crippen molar-refractivity contribution in [2.24, 2.45) is 11.7 Å². The lowest BCUT2D eigenvalue weighted by Crippen LogP contribution is -2.49. The Labute approximate surface area is 160 Å². The number of anilines is 1. The highest BCUT2D eigenvalue weighted by Gasteiger charge is 2.30. The summed E-state index contributed by atoms with van der Waals surface area (Å²) < 4.78 is 0. The van der Waals surface area contributed by atoms with Gasteiger partial charge in [0.1, 0.15) is 0 Å². The van der Waals surface area contributed by atoms with Crippen molar-refractivity contribution in [1.82, 2.24) is 10.2 Å². The fourth-order valence-corrected chi connectivity index (χ4v) is 3.33. The number of carbonyl (C=O) groups is 3. The van der Waals surface area contributed by atoms with Crippen LogP contribution in [0.4, 0.5) is 5.69 Å². The Hall–Kier alpha value is -2.41. The minimum atomic E-state index is -0.582. The fourth-order valence-electron chi connectivity index (χ4n) is 3.33. The molecule has 0 aliphatic carbocycles. The monoisotopic (exact) mass is 374 g/mol. The molecule has 1 aliphatic rings. The van der Waals surface area contributed by atoms with Gasteiger partial charge in [0, 0.05) is 19.1 Å². The van der Waals surface area contributed by atoms with Gasteiger partial charge in [-0.2, -0.15) is 0 Å². The number of nitrogens with one attached hydrogen (secondary N) is 2. The van der Waals surface area contributed by atoms with E-state index in [9.17, 15) is 14.4 Å². The van der Waals surface area contributed by atoms with Gasteiger partial charge in [-0.15, -0.1) is 0 Å². The third-order valence-electron chi connectivity index (χ3n) is 5.02. The van der Waals surface area contributed by atoms with Crippen LogP contribution < -0.4 is 16.4 Å². The highest BCUT2D eigenvalue weighted by Crippen LogP contribution is 2.22. The first-order chi connectivity index (χ1) is 12.9. The van der Waals surface area contributed by atoms with Crippen LogP contribution in [0.25, 0.3) is 0 Å². The van der Waals surface area contributed by atoms with Crippen molar-refractivity contribution >= 4 is 23.4 Å². The van der Waals surface area contributed by atoms with E-state index in [1.54, 1.807) is 24.3 Å². The maximum Gasteiger partial charge on any atom is 0.250 e. The molecular formula is C20H30N4O3. The summed E-state index contributed by atoms with van der Waals surface area (Å²) in [4.78, 5) is 38.3. The number of carbonyl (C=O) groups excluding carboxylic acids is 3. The first-order valence-corrected chi connectivity index (χ1v) is 9.62. The number of para-hydroxylation sites is 1. The van der Waals surface area contributed by atoms with E-state index < -0.39 is 5.91 Å². The SMILES string of the molecule is CCCCNC(=O)C1CCC(C)N(CC(=O)Nc2ccccc2C(N)=O)C1. The largest absolute Gasteiger partial charge is 0.366 e. The summed E-state index contributed by atoms with van der Waals surface area (Å²) in [7, 11) is 0. The predicted octanol–water partition coefficient (Wildman–Crippen LogP) is 1.74. The predicted molar refractivity (Wildman–Crippen MR) is 105 cm³/mol. The van der Waals surface area contributed by atoms with Crippen LogP contribution in [-0.2, 0) is 9.59 Å². The van der Waals surface area contributed by atoms with Crippen molar-refractivity contribution in [3.05, 3.63) is 29.8 Å². The smallest absolute Gasteiger partial charge is 0.250 e. The van der Waals surface area contributed by atoms with E-state index in [1.165, 1.54) is 0 Å². The maximum absolute atomic E-state index is 12.5. The number of hydrogen-bond donors (Lipinski definition) is 3. The summed E-state index contributed by atoms with van der Waals surface area (Å²) in [5, 5.41) is 5.75. The Morgan fingerprint density at radius 1 is 1.22 bits per heavy atom. The van der Waals surface area contributed by atoms with Crippen LogP contribution in [0, 0.1) is 5.92 Å². The number of piperidine rings is 1. The lowest BCUT2D eigenvalue weighted by Gasteiger charge is -2.36. The Morgan fingerprint density at radius 2 is 1.96 bits per heavy atom.